The molecule has 402 valence electrons. The number of aliphatic hydroxyl groups is 2. The summed E-state index contributed by atoms with van der Waals surface area (Å²) in [6.45, 7) is 4.94. The Bertz CT molecular complexity index is 1060. The summed E-state index contributed by atoms with van der Waals surface area (Å²) in [4.78, 5) is 24.5. The Kier molecular flexibility index (Phi) is 56.5. The molecule has 0 aliphatic carbocycles. The largest absolute Gasteiger partial charge is 0.466 e. The summed E-state index contributed by atoms with van der Waals surface area (Å²) in [6.07, 6.45) is 70.5. The van der Waals surface area contributed by atoms with Crippen LogP contribution in [0.2, 0.25) is 0 Å². The lowest BCUT2D eigenvalue weighted by atomic mass is 10.0. The summed E-state index contributed by atoms with van der Waals surface area (Å²) < 4.78 is 5.49. The Labute approximate surface area is 424 Å². The number of hydrogen-bond donors (Lipinski definition) is 3. The van der Waals surface area contributed by atoms with Crippen LogP contribution in [0.5, 0.6) is 0 Å². The van der Waals surface area contributed by atoms with E-state index in [1.165, 1.54) is 257 Å². The molecule has 0 rings (SSSR count). The number of nitrogens with one attached hydrogen (secondary N) is 1. The summed E-state index contributed by atoms with van der Waals surface area (Å²) in [7, 11) is 0. The van der Waals surface area contributed by atoms with Gasteiger partial charge in [0.05, 0.1) is 25.4 Å². The van der Waals surface area contributed by atoms with E-state index in [0.717, 1.165) is 44.9 Å². The number of carbonyl (C=O) groups excluding carboxylic acids is 2. The van der Waals surface area contributed by atoms with Gasteiger partial charge in [-0.1, -0.05) is 269 Å². The highest BCUT2D eigenvalue weighted by Gasteiger charge is 2.20. The van der Waals surface area contributed by atoms with Crippen LogP contribution >= 0.6 is 0 Å². The summed E-state index contributed by atoms with van der Waals surface area (Å²) in [6, 6.07) is -0.543. The number of aliphatic hydroxyl groups excluding tert-OH is 2. The standard InChI is InChI=1S/C62H119NO5/c1-3-5-7-9-11-13-15-16-17-26-30-33-36-40-44-48-52-56-62(67)68-57-53-49-45-41-37-34-31-28-25-23-21-19-18-20-22-24-27-29-32-35-39-43-47-51-55-61(66)63-59(58-64)60(65)54-50-46-42-38-14-12-10-8-6-4-2/h16-17,20,22,59-60,64-65H,3-15,18-19,21,23-58H2,1-2H3,(H,63,66)/b17-16-,22-20-. The van der Waals surface area contributed by atoms with Crippen molar-refractivity contribution >= 4 is 11.9 Å². The molecule has 0 aliphatic rings. The van der Waals surface area contributed by atoms with Gasteiger partial charge in [-0.05, 0) is 77.0 Å². The molecule has 0 fully saturated rings. The van der Waals surface area contributed by atoms with Gasteiger partial charge in [-0.25, -0.2) is 0 Å². The molecule has 0 radical (unpaired) electrons. The first-order chi connectivity index (χ1) is 33.5. The Morgan fingerprint density at radius 3 is 1.04 bits per heavy atom. The molecule has 0 saturated heterocycles. The second-order valence-electron chi connectivity index (χ2n) is 21.0. The van der Waals surface area contributed by atoms with Gasteiger partial charge in [-0.3, -0.25) is 9.59 Å². The van der Waals surface area contributed by atoms with E-state index in [0.29, 0.717) is 25.9 Å². The highest BCUT2D eigenvalue weighted by Crippen LogP contribution is 2.17. The van der Waals surface area contributed by atoms with Crippen LogP contribution < -0.4 is 5.32 Å². The first-order valence-corrected chi connectivity index (χ1v) is 30.6. The lowest BCUT2D eigenvalue weighted by Crippen LogP contribution is -2.45. The van der Waals surface area contributed by atoms with E-state index in [9.17, 15) is 19.8 Å². The van der Waals surface area contributed by atoms with E-state index >= 15 is 0 Å². The molecule has 0 heterocycles. The van der Waals surface area contributed by atoms with Crippen LogP contribution in [0.4, 0.5) is 0 Å². The minimum Gasteiger partial charge on any atom is -0.466 e. The molecular formula is C62H119NO5. The van der Waals surface area contributed by atoms with E-state index in [1.54, 1.807) is 0 Å². The van der Waals surface area contributed by atoms with Gasteiger partial charge < -0.3 is 20.3 Å². The van der Waals surface area contributed by atoms with Gasteiger partial charge in [0.15, 0.2) is 0 Å². The third-order valence-corrected chi connectivity index (χ3v) is 14.2. The summed E-state index contributed by atoms with van der Waals surface area (Å²) in [5.74, 6) is -0.0311. The lowest BCUT2D eigenvalue weighted by Gasteiger charge is -2.22. The van der Waals surface area contributed by atoms with Gasteiger partial charge in [0.2, 0.25) is 5.91 Å². The van der Waals surface area contributed by atoms with E-state index < -0.39 is 12.1 Å². The molecular weight excluding hydrogens is 839 g/mol. The van der Waals surface area contributed by atoms with Crippen molar-refractivity contribution in [2.75, 3.05) is 13.2 Å². The molecule has 2 atom stereocenters. The Hall–Kier alpha value is -1.66. The number of hydrogen-bond acceptors (Lipinski definition) is 5. The van der Waals surface area contributed by atoms with Crippen molar-refractivity contribution in [1.82, 2.24) is 5.32 Å². The molecule has 3 N–H and O–H groups in total. The number of unbranched alkanes of at least 4 members (excludes halogenated alkanes) is 42. The average Bonchev–Trinajstić information content (AvgIpc) is 3.34. The highest BCUT2D eigenvalue weighted by atomic mass is 16.5. The van der Waals surface area contributed by atoms with E-state index in [2.05, 4.69) is 43.5 Å². The topological polar surface area (TPSA) is 95.9 Å². The zero-order valence-corrected chi connectivity index (χ0v) is 45.9. The molecule has 0 aromatic carbocycles. The molecule has 0 saturated carbocycles. The van der Waals surface area contributed by atoms with E-state index in [-0.39, 0.29) is 18.5 Å². The van der Waals surface area contributed by atoms with Crippen LogP contribution in [0.1, 0.15) is 335 Å². The maximum atomic E-state index is 12.4. The molecule has 0 aromatic heterocycles. The number of esters is 1. The monoisotopic (exact) mass is 958 g/mol. The normalized spacial score (nSPS) is 12.7. The Morgan fingerprint density at radius 1 is 0.397 bits per heavy atom. The molecule has 1 amide bonds. The quantitative estimate of drug-likeness (QED) is 0.0321. The van der Waals surface area contributed by atoms with Gasteiger partial charge in [0.25, 0.3) is 0 Å². The van der Waals surface area contributed by atoms with E-state index in [1.807, 2.05) is 0 Å². The van der Waals surface area contributed by atoms with Crippen LogP contribution in [-0.2, 0) is 14.3 Å². The molecule has 68 heavy (non-hydrogen) atoms. The summed E-state index contributed by atoms with van der Waals surface area (Å²) >= 11 is 0. The van der Waals surface area contributed by atoms with Crippen LogP contribution in [0.25, 0.3) is 0 Å². The highest BCUT2D eigenvalue weighted by molar-refractivity contribution is 5.76. The molecule has 0 bridgehead atoms. The number of allylic oxidation sites excluding steroid dienone is 4. The van der Waals surface area contributed by atoms with Gasteiger partial charge in [0.1, 0.15) is 0 Å². The van der Waals surface area contributed by atoms with Crippen LogP contribution in [-0.4, -0.2) is 47.4 Å². The summed E-state index contributed by atoms with van der Waals surface area (Å²) in [5.41, 5.74) is 0. The van der Waals surface area contributed by atoms with Crippen molar-refractivity contribution in [3.05, 3.63) is 24.3 Å². The van der Waals surface area contributed by atoms with Gasteiger partial charge in [0, 0.05) is 12.8 Å². The molecule has 0 aliphatic heterocycles. The van der Waals surface area contributed by atoms with Gasteiger partial charge in [-0.2, -0.15) is 0 Å². The van der Waals surface area contributed by atoms with Crippen molar-refractivity contribution in [2.45, 2.75) is 347 Å². The molecule has 6 nitrogen and oxygen atoms in total. The first kappa shape index (κ1) is 66.3. The molecule has 2 unspecified atom stereocenters. The Morgan fingerprint density at radius 2 is 0.691 bits per heavy atom. The Balaban J connectivity index is 3.37. The fourth-order valence-electron chi connectivity index (χ4n) is 9.51. The predicted molar refractivity (Wildman–Crippen MR) is 296 cm³/mol. The van der Waals surface area contributed by atoms with Crippen molar-refractivity contribution in [1.29, 1.82) is 0 Å². The van der Waals surface area contributed by atoms with Gasteiger partial charge >= 0.3 is 5.97 Å². The maximum absolute atomic E-state index is 12.4. The van der Waals surface area contributed by atoms with Crippen LogP contribution in [0.3, 0.4) is 0 Å². The minimum atomic E-state index is -0.665. The minimum absolute atomic E-state index is 0.00936. The summed E-state index contributed by atoms with van der Waals surface area (Å²) in [5, 5.41) is 23.1. The maximum Gasteiger partial charge on any atom is 0.305 e. The van der Waals surface area contributed by atoms with Crippen molar-refractivity contribution in [3.63, 3.8) is 0 Å². The van der Waals surface area contributed by atoms with Gasteiger partial charge in [-0.15, -0.1) is 0 Å². The third kappa shape index (κ3) is 53.7. The van der Waals surface area contributed by atoms with Crippen molar-refractivity contribution < 1.29 is 24.5 Å². The number of carbonyl (C=O) groups is 2. The average molecular weight is 959 g/mol. The number of rotatable bonds is 57. The zero-order chi connectivity index (χ0) is 49.3. The smallest absolute Gasteiger partial charge is 0.305 e. The third-order valence-electron chi connectivity index (χ3n) is 14.2. The van der Waals surface area contributed by atoms with Crippen molar-refractivity contribution in [3.8, 4) is 0 Å². The predicted octanol–water partition coefficient (Wildman–Crippen LogP) is 19.0. The number of amides is 1. The first-order valence-electron chi connectivity index (χ1n) is 30.6. The molecule has 0 aromatic rings. The number of ether oxygens (including phenoxy) is 1. The molecule has 6 heteroatoms. The van der Waals surface area contributed by atoms with Crippen molar-refractivity contribution in [2.24, 2.45) is 0 Å². The second-order valence-corrected chi connectivity index (χ2v) is 21.0. The second kappa shape index (κ2) is 57.9. The fraction of sp³-hybridized carbons (Fsp3) is 0.903. The zero-order valence-electron chi connectivity index (χ0n) is 45.9. The van der Waals surface area contributed by atoms with Crippen LogP contribution in [0.15, 0.2) is 24.3 Å². The molecule has 0 spiro atoms. The lowest BCUT2D eigenvalue weighted by molar-refractivity contribution is -0.143. The SMILES string of the molecule is CCCCCCCC/C=C\CCCCCCCCCC(=O)OCCCCCCCCCCCCCC/C=C\CCCCCCCCCCC(=O)NC(CO)C(O)CCCCCCCCCCCC. The van der Waals surface area contributed by atoms with E-state index in [4.69, 9.17) is 4.74 Å². The van der Waals surface area contributed by atoms with Crippen LogP contribution in [0, 0.1) is 0 Å². The fourth-order valence-corrected chi connectivity index (χ4v) is 9.51.